The fourth-order valence-electron chi connectivity index (χ4n) is 4.03. The summed E-state index contributed by atoms with van der Waals surface area (Å²) in [6, 6.07) is 10.1. The number of anilines is 1. The molecule has 0 bridgehead atoms. The van der Waals surface area contributed by atoms with E-state index in [1.54, 1.807) is 12.1 Å². The van der Waals surface area contributed by atoms with Crippen molar-refractivity contribution in [3.63, 3.8) is 0 Å². The van der Waals surface area contributed by atoms with E-state index in [-0.39, 0.29) is 38.8 Å². The standard InChI is InChI=1S/C24H25N3O7S2/c1-14-7-10-17(11-8-14)35(30,31)34-23-20(15(2)25-26(23)5)21(28)16-9-12-18-19(13-16)27(6)36(32,33)24(3,4)22(18)29/h7-13H,1-6H3. The van der Waals surface area contributed by atoms with E-state index in [2.05, 4.69) is 5.10 Å². The third kappa shape index (κ3) is 3.80. The lowest BCUT2D eigenvalue weighted by atomic mass is 9.94. The molecule has 0 saturated heterocycles. The van der Waals surface area contributed by atoms with E-state index >= 15 is 0 Å². The predicted octanol–water partition coefficient (Wildman–Crippen LogP) is 2.78. The summed E-state index contributed by atoms with van der Waals surface area (Å²) in [7, 11) is -5.55. The highest BCUT2D eigenvalue weighted by molar-refractivity contribution is 7.95. The molecule has 0 radical (unpaired) electrons. The third-order valence-electron chi connectivity index (χ3n) is 6.29. The monoisotopic (exact) mass is 531 g/mol. The van der Waals surface area contributed by atoms with E-state index in [4.69, 9.17) is 4.18 Å². The zero-order valence-electron chi connectivity index (χ0n) is 20.6. The summed E-state index contributed by atoms with van der Waals surface area (Å²) in [6.07, 6.45) is 0. The first kappa shape index (κ1) is 25.6. The first-order chi connectivity index (χ1) is 16.6. The van der Waals surface area contributed by atoms with Gasteiger partial charge in [-0.25, -0.2) is 13.1 Å². The molecule has 0 N–H and O–H groups in total. The lowest BCUT2D eigenvalue weighted by Gasteiger charge is -2.36. The predicted molar refractivity (Wildman–Crippen MR) is 133 cm³/mol. The van der Waals surface area contributed by atoms with Gasteiger partial charge in [0, 0.05) is 25.2 Å². The van der Waals surface area contributed by atoms with E-state index in [1.165, 1.54) is 65.2 Å². The second-order valence-corrected chi connectivity index (χ2v) is 13.2. The Morgan fingerprint density at radius 3 is 2.25 bits per heavy atom. The minimum Gasteiger partial charge on any atom is -0.358 e. The number of carbonyl (C=O) groups is 2. The van der Waals surface area contributed by atoms with Crippen LogP contribution < -0.4 is 8.49 Å². The van der Waals surface area contributed by atoms with Crippen molar-refractivity contribution in [1.29, 1.82) is 0 Å². The summed E-state index contributed by atoms with van der Waals surface area (Å²) in [5.74, 6) is -1.50. The van der Waals surface area contributed by atoms with Crippen molar-refractivity contribution in [3.8, 4) is 5.88 Å². The van der Waals surface area contributed by atoms with E-state index in [0.717, 1.165) is 14.6 Å². The number of Topliss-reactive ketones (excluding diaryl/α,β-unsaturated/α-hetero) is 1. The van der Waals surface area contributed by atoms with Crippen LogP contribution in [0.4, 0.5) is 5.69 Å². The summed E-state index contributed by atoms with van der Waals surface area (Å²) in [5.41, 5.74) is 1.24. The maximum absolute atomic E-state index is 13.5. The van der Waals surface area contributed by atoms with Gasteiger partial charge in [-0.15, -0.1) is 0 Å². The number of hydrogen-bond acceptors (Lipinski definition) is 8. The van der Waals surface area contributed by atoms with Gasteiger partial charge in [-0.05, 0) is 52.0 Å². The Labute approximate surface area is 209 Å². The van der Waals surface area contributed by atoms with Crippen LogP contribution in [0.5, 0.6) is 5.88 Å². The number of ketones is 2. The Bertz CT molecular complexity index is 1640. The Kier molecular flexibility index (Phi) is 5.88. The molecular formula is C24H25N3O7S2. The molecule has 0 unspecified atom stereocenters. The van der Waals surface area contributed by atoms with Gasteiger partial charge < -0.3 is 4.18 Å². The van der Waals surface area contributed by atoms with Gasteiger partial charge in [0.25, 0.3) is 0 Å². The number of rotatable bonds is 5. The van der Waals surface area contributed by atoms with Crippen LogP contribution in [0.3, 0.4) is 0 Å². The Morgan fingerprint density at radius 2 is 1.64 bits per heavy atom. The van der Waals surface area contributed by atoms with Crippen LogP contribution in [0.25, 0.3) is 0 Å². The highest BCUT2D eigenvalue weighted by atomic mass is 32.2. The minimum absolute atomic E-state index is 0.0389. The van der Waals surface area contributed by atoms with Crippen LogP contribution >= 0.6 is 0 Å². The Hall–Kier alpha value is -3.51. The smallest absolute Gasteiger partial charge is 0.340 e. The molecule has 190 valence electrons. The summed E-state index contributed by atoms with van der Waals surface area (Å²) >= 11 is 0. The highest BCUT2D eigenvalue weighted by Crippen LogP contribution is 2.39. The van der Waals surface area contributed by atoms with Gasteiger partial charge in [-0.3, -0.25) is 13.9 Å². The molecule has 1 aromatic heterocycles. The first-order valence-electron chi connectivity index (χ1n) is 10.9. The van der Waals surface area contributed by atoms with Crippen molar-refractivity contribution in [1.82, 2.24) is 9.78 Å². The summed E-state index contributed by atoms with van der Waals surface area (Å²) in [5, 5.41) is 4.15. The van der Waals surface area contributed by atoms with Gasteiger partial charge >= 0.3 is 10.1 Å². The molecule has 10 nitrogen and oxygen atoms in total. The number of aromatic nitrogens is 2. The zero-order chi connectivity index (χ0) is 26.8. The summed E-state index contributed by atoms with van der Waals surface area (Å²) < 4.78 is 57.4. The van der Waals surface area contributed by atoms with Crippen molar-refractivity contribution < 1.29 is 30.6 Å². The topological polar surface area (TPSA) is 133 Å². The van der Waals surface area contributed by atoms with E-state index in [9.17, 15) is 26.4 Å². The van der Waals surface area contributed by atoms with Gasteiger partial charge in [0.1, 0.15) is 15.2 Å². The van der Waals surface area contributed by atoms with Crippen molar-refractivity contribution in [2.75, 3.05) is 11.4 Å². The lowest BCUT2D eigenvalue weighted by Crippen LogP contribution is -2.52. The number of hydrogen-bond donors (Lipinski definition) is 0. The SMILES string of the molecule is Cc1ccc(S(=O)(=O)Oc2c(C(=O)c3ccc4c(c3)N(C)S(=O)(=O)C(C)(C)C4=O)c(C)nn2C)cc1. The number of nitrogens with zero attached hydrogens (tertiary/aromatic N) is 3. The average molecular weight is 532 g/mol. The number of carbonyl (C=O) groups excluding carboxylic acids is 2. The number of sulfonamides is 1. The van der Waals surface area contributed by atoms with E-state index in [0.29, 0.717) is 0 Å². The largest absolute Gasteiger partial charge is 0.358 e. The second-order valence-electron chi connectivity index (χ2n) is 9.11. The molecule has 0 atom stereocenters. The van der Waals surface area contributed by atoms with Gasteiger partial charge in [0.05, 0.1) is 11.4 Å². The van der Waals surface area contributed by atoms with Crippen LogP contribution in [0.15, 0.2) is 47.4 Å². The molecule has 1 aliphatic rings. The maximum Gasteiger partial charge on any atom is 0.340 e. The van der Waals surface area contributed by atoms with Crippen LogP contribution in [0, 0.1) is 13.8 Å². The maximum atomic E-state index is 13.5. The molecule has 2 heterocycles. The van der Waals surface area contributed by atoms with Gasteiger partial charge in [0.2, 0.25) is 15.9 Å². The van der Waals surface area contributed by atoms with E-state index < -0.39 is 36.5 Å². The number of fused-ring (bicyclic) bond motifs is 1. The van der Waals surface area contributed by atoms with Gasteiger partial charge in [-0.2, -0.15) is 13.5 Å². The average Bonchev–Trinajstić information content (AvgIpc) is 3.08. The minimum atomic E-state index is -4.28. The molecule has 36 heavy (non-hydrogen) atoms. The quantitative estimate of drug-likeness (QED) is 0.363. The van der Waals surface area contributed by atoms with Crippen molar-refractivity contribution in [3.05, 3.63) is 70.4 Å². The molecule has 4 rings (SSSR count). The fraction of sp³-hybridized carbons (Fsp3) is 0.292. The number of benzene rings is 2. The number of aryl methyl sites for hydroxylation is 3. The zero-order valence-corrected chi connectivity index (χ0v) is 22.2. The third-order valence-corrected chi connectivity index (χ3v) is 9.91. The summed E-state index contributed by atoms with van der Waals surface area (Å²) in [6.45, 7) is 6.01. The Balaban J connectivity index is 1.79. The van der Waals surface area contributed by atoms with Crippen LogP contribution in [0.2, 0.25) is 0 Å². The fourth-order valence-corrected chi connectivity index (χ4v) is 6.44. The molecule has 1 aliphatic heterocycles. The van der Waals surface area contributed by atoms with Crippen molar-refractivity contribution in [2.45, 2.75) is 37.3 Å². The van der Waals surface area contributed by atoms with Crippen LogP contribution in [-0.4, -0.2) is 50.0 Å². The lowest BCUT2D eigenvalue weighted by molar-refractivity contribution is 0.0950. The van der Waals surface area contributed by atoms with Crippen LogP contribution in [-0.2, 0) is 27.2 Å². The first-order valence-corrected chi connectivity index (χ1v) is 13.7. The molecule has 0 fully saturated rings. The van der Waals surface area contributed by atoms with Crippen molar-refractivity contribution in [2.24, 2.45) is 7.05 Å². The molecule has 12 heteroatoms. The molecule has 2 aromatic carbocycles. The molecule has 0 spiro atoms. The highest BCUT2D eigenvalue weighted by Gasteiger charge is 2.50. The van der Waals surface area contributed by atoms with Gasteiger partial charge in [0.15, 0.2) is 11.6 Å². The normalized spacial score (nSPS) is 16.5. The van der Waals surface area contributed by atoms with Crippen LogP contribution in [0.1, 0.15) is 51.4 Å². The molecular weight excluding hydrogens is 506 g/mol. The summed E-state index contributed by atoms with van der Waals surface area (Å²) in [4.78, 5) is 26.3. The molecule has 0 aliphatic carbocycles. The van der Waals surface area contributed by atoms with Gasteiger partial charge in [-0.1, -0.05) is 23.8 Å². The van der Waals surface area contributed by atoms with Crippen molar-refractivity contribution >= 4 is 37.4 Å². The molecule has 0 saturated carbocycles. The molecule has 3 aromatic rings. The van der Waals surface area contributed by atoms with E-state index in [1.807, 2.05) is 6.92 Å². The molecule has 0 amide bonds. The Morgan fingerprint density at radius 1 is 1.03 bits per heavy atom. The second kappa shape index (κ2) is 8.27.